The highest BCUT2D eigenvalue weighted by atomic mass is 16.2. The first-order chi connectivity index (χ1) is 10.0. The highest BCUT2D eigenvalue weighted by Gasteiger charge is 2.67. The van der Waals surface area contributed by atoms with Crippen molar-refractivity contribution in [2.45, 2.75) is 31.3 Å². The van der Waals surface area contributed by atoms with Crippen LogP contribution in [0.5, 0.6) is 0 Å². The first-order valence-corrected chi connectivity index (χ1v) is 6.94. The number of hydrogen-bond acceptors (Lipinski definition) is 5. The summed E-state index contributed by atoms with van der Waals surface area (Å²) in [6, 6.07) is 5.85. The highest BCUT2D eigenvalue weighted by molar-refractivity contribution is 6.24. The van der Waals surface area contributed by atoms with Crippen molar-refractivity contribution in [3.8, 4) is 0 Å². The Morgan fingerprint density at radius 1 is 1.19 bits per heavy atom. The third kappa shape index (κ3) is 1.55. The SMILES string of the molecule is CC(=O)c1ccc(N2C(=O)[C@H]3N=NC4(CC4)[C@H]3C2=O)cc1. The molecule has 6 heteroatoms. The van der Waals surface area contributed by atoms with Gasteiger partial charge in [0.15, 0.2) is 11.8 Å². The van der Waals surface area contributed by atoms with Gasteiger partial charge in [0.1, 0.15) is 0 Å². The Labute approximate surface area is 120 Å². The zero-order valence-corrected chi connectivity index (χ0v) is 11.4. The molecule has 1 spiro atoms. The maximum Gasteiger partial charge on any atom is 0.261 e. The van der Waals surface area contributed by atoms with Crippen molar-refractivity contribution in [1.29, 1.82) is 0 Å². The number of nitrogens with zero attached hydrogens (tertiary/aromatic N) is 3. The van der Waals surface area contributed by atoms with Gasteiger partial charge in [-0.25, -0.2) is 4.90 Å². The zero-order valence-electron chi connectivity index (χ0n) is 11.4. The minimum atomic E-state index is -0.660. The number of ketones is 1. The average molecular weight is 283 g/mol. The molecule has 1 aliphatic carbocycles. The van der Waals surface area contributed by atoms with Gasteiger partial charge in [0.2, 0.25) is 5.91 Å². The molecule has 0 radical (unpaired) electrons. The Hall–Kier alpha value is -2.37. The van der Waals surface area contributed by atoms with Gasteiger partial charge in [-0.2, -0.15) is 10.2 Å². The van der Waals surface area contributed by atoms with E-state index in [4.69, 9.17) is 0 Å². The van der Waals surface area contributed by atoms with Crippen LogP contribution in [0.15, 0.2) is 34.5 Å². The Morgan fingerprint density at radius 3 is 2.43 bits per heavy atom. The highest BCUT2D eigenvalue weighted by Crippen LogP contribution is 2.55. The number of anilines is 1. The molecule has 2 amide bonds. The zero-order chi connectivity index (χ0) is 14.8. The summed E-state index contributed by atoms with van der Waals surface area (Å²) in [5.41, 5.74) is 0.637. The quantitative estimate of drug-likeness (QED) is 0.612. The van der Waals surface area contributed by atoms with Gasteiger partial charge in [-0.3, -0.25) is 14.4 Å². The maximum absolute atomic E-state index is 12.6. The Kier molecular flexibility index (Phi) is 2.26. The van der Waals surface area contributed by atoms with Crippen LogP contribution >= 0.6 is 0 Å². The molecule has 1 saturated carbocycles. The molecule has 6 nitrogen and oxygen atoms in total. The van der Waals surface area contributed by atoms with Crippen LogP contribution in [-0.4, -0.2) is 29.2 Å². The second-order valence-corrected chi connectivity index (χ2v) is 5.86. The Morgan fingerprint density at radius 2 is 1.86 bits per heavy atom. The summed E-state index contributed by atoms with van der Waals surface area (Å²) in [6.07, 6.45) is 1.65. The molecule has 0 bridgehead atoms. The average Bonchev–Trinajstić information content (AvgIpc) is 3.05. The number of carbonyl (C=O) groups is 3. The molecule has 106 valence electrons. The van der Waals surface area contributed by atoms with Crippen LogP contribution in [0, 0.1) is 5.92 Å². The largest absolute Gasteiger partial charge is 0.295 e. The first kappa shape index (κ1) is 12.4. The second kappa shape index (κ2) is 3.84. The van der Waals surface area contributed by atoms with E-state index in [0.29, 0.717) is 11.3 Å². The molecule has 4 rings (SSSR count). The third-order valence-electron chi connectivity index (χ3n) is 4.53. The van der Waals surface area contributed by atoms with Crippen molar-refractivity contribution in [3.63, 3.8) is 0 Å². The van der Waals surface area contributed by atoms with Gasteiger partial charge in [0, 0.05) is 5.56 Å². The molecule has 0 N–H and O–H groups in total. The number of benzene rings is 1. The van der Waals surface area contributed by atoms with E-state index in [0.717, 1.165) is 12.8 Å². The lowest BCUT2D eigenvalue weighted by molar-refractivity contribution is -0.122. The molecular formula is C15H13N3O3. The van der Waals surface area contributed by atoms with Crippen LogP contribution in [-0.2, 0) is 9.59 Å². The number of rotatable bonds is 2. The molecule has 0 unspecified atom stereocenters. The van der Waals surface area contributed by atoms with E-state index in [2.05, 4.69) is 10.2 Å². The fourth-order valence-electron chi connectivity index (χ4n) is 3.18. The molecule has 0 aromatic heterocycles. The second-order valence-electron chi connectivity index (χ2n) is 5.86. The molecule has 1 aromatic carbocycles. The van der Waals surface area contributed by atoms with E-state index < -0.39 is 17.5 Å². The van der Waals surface area contributed by atoms with Crippen LogP contribution < -0.4 is 4.90 Å². The molecule has 1 saturated heterocycles. The van der Waals surface area contributed by atoms with Gasteiger partial charge in [-0.1, -0.05) is 0 Å². The van der Waals surface area contributed by atoms with Gasteiger partial charge < -0.3 is 0 Å². The van der Waals surface area contributed by atoms with Crippen LogP contribution in [0.25, 0.3) is 0 Å². The van der Waals surface area contributed by atoms with Crippen molar-refractivity contribution >= 4 is 23.3 Å². The Bertz CT molecular complexity index is 703. The first-order valence-electron chi connectivity index (χ1n) is 6.94. The van der Waals surface area contributed by atoms with Crippen LogP contribution in [0.2, 0.25) is 0 Å². The van der Waals surface area contributed by atoms with Crippen LogP contribution in [0.3, 0.4) is 0 Å². The molecular weight excluding hydrogens is 270 g/mol. The molecule has 3 aliphatic rings. The lowest BCUT2D eigenvalue weighted by Crippen LogP contribution is -2.33. The number of Topliss-reactive ketones (excluding diaryl/α,β-unsaturated/α-hetero) is 1. The fourth-order valence-corrected chi connectivity index (χ4v) is 3.18. The van der Waals surface area contributed by atoms with Gasteiger partial charge in [0.05, 0.1) is 17.1 Å². The summed E-state index contributed by atoms with van der Waals surface area (Å²) in [5.74, 6) is -1.02. The van der Waals surface area contributed by atoms with Crippen LogP contribution in [0.1, 0.15) is 30.1 Å². The summed E-state index contributed by atoms with van der Waals surface area (Å²) in [7, 11) is 0. The minimum absolute atomic E-state index is 0.0526. The van der Waals surface area contributed by atoms with Gasteiger partial charge >= 0.3 is 0 Å². The standard InChI is InChI=1S/C15H13N3O3/c1-8(19)9-2-4-10(5-3-9)18-13(20)11-12(14(18)21)16-17-15(11)6-7-15/h2-5,11-12H,6-7H2,1H3/t11-,12+/m1/s1. The van der Waals surface area contributed by atoms with Crippen molar-refractivity contribution < 1.29 is 14.4 Å². The fraction of sp³-hybridized carbons (Fsp3) is 0.400. The molecule has 1 aromatic rings. The number of imide groups is 1. The number of azo groups is 1. The number of amides is 2. The number of carbonyl (C=O) groups excluding carboxylic acids is 3. The van der Waals surface area contributed by atoms with Crippen molar-refractivity contribution in [1.82, 2.24) is 0 Å². The van der Waals surface area contributed by atoms with Crippen LogP contribution in [0.4, 0.5) is 5.69 Å². The molecule has 21 heavy (non-hydrogen) atoms. The number of fused-ring (bicyclic) bond motifs is 2. The van der Waals surface area contributed by atoms with E-state index >= 15 is 0 Å². The predicted octanol–water partition coefficient (Wildman–Crippen LogP) is 1.75. The van der Waals surface area contributed by atoms with Gasteiger partial charge in [-0.05, 0) is 44.0 Å². The van der Waals surface area contributed by atoms with Crippen molar-refractivity contribution in [3.05, 3.63) is 29.8 Å². The van der Waals surface area contributed by atoms with Gasteiger partial charge in [0.25, 0.3) is 5.91 Å². The topological polar surface area (TPSA) is 79.2 Å². The molecule has 2 heterocycles. The summed E-state index contributed by atoms with van der Waals surface area (Å²) >= 11 is 0. The summed E-state index contributed by atoms with van der Waals surface area (Å²) < 4.78 is 0. The normalized spacial score (nSPS) is 28.3. The summed E-state index contributed by atoms with van der Waals surface area (Å²) in [5, 5.41) is 8.17. The third-order valence-corrected chi connectivity index (χ3v) is 4.53. The van der Waals surface area contributed by atoms with Crippen molar-refractivity contribution in [2.24, 2.45) is 16.1 Å². The van der Waals surface area contributed by atoms with E-state index in [9.17, 15) is 14.4 Å². The lowest BCUT2D eigenvalue weighted by atomic mass is 9.94. The van der Waals surface area contributed by atoms with E-state index in [1.807, 2.05) is 0 Å². The molecule has 2 fully saturated rings. The minimum Gasteiger partial charge on any atom is -0.295 e. The Balaban J connectivity index is 1.70. The monoisotopic (exact) mass is 283 g/mol. The lowest BCUT2D eigenvalue weighted by Gasteiger charge is -2.16. The van der Waals surface area contributed by atoms with E-state index in [1.54, 1.807) is 24.3 Å². The summed E-state index contributed by atoms with van der Waals surface area (Å²) in [4.78, 5) is 37.5. The maximum atomic E-state index is 12.6. The van der Waals surface area contributed by atoms with E-state index in [1.165, 1.54) is 11.8 Å². The predicted molar refractivity (Wildman–Crippen MR) is 73.0 cm³/mol. The smallest absolute Gasteiger partial charge is 0.261 e. The molecule has 2 aliphatic heterocycles. The molecule has 2 atom stereocenters. The van der Waals surface area contributed by atoms with E-state index in [-0.39, 0.29) is 17.6 Å². The van der Waals surface area contributed by atoms with Crippen molar-refractivity contribution in [2.75, 3.05) is 4.90 Å². The van der Waals surface area contributed by atoms with Gasteiger partial charge in [-0.15, -0.1) is 0 Å². The number of hydrogen-bond donors (Lipinski definition) is 0. The summed E-state index contributed by atoms with van der Waals surface area (Å²) in [6.45, 7) is 1.47.